The Labute approximate surface area is 121 Å². The lowest BCUT2D eigenvalue weighted by atomic mass is 10.1. The predicted octanol–water partition coefficient (Wildman–Crippen LogP) is 1.41. The molecule has 106 valence electrons. The molecule has 1 aromatic carbocycles. The van der Waals surface area contributed by atoms with E-state index < -0.39 is 5.91 Å². The fraction of sp³-hybridized carbons (Fsp3) is 0.231. The molecule has 0 bridgehead atoms. The molecule has 0 aliphatic rings. The zero-order valence-corrected chi connectivity index (χ0v) is 11.8. The Morgan fingerprint density at radius 2 is 2.25 bits per heavy atom. The summed E-state index contributed by atoms with van der Waals surface area (Å²) in [5.74, 6) is -0.567. The smallest absolute Gasteiger partial charge is 0.250 e. The number of primary amides is 1. The number of aryl methyl sites for hydroxylation is 1. The Hall–Kier alpha value is -2.21. The van der Waals surface area contributed by atoms with Gasteiger partial charge in [-0.25, -0.2) is 0 Å². The van der Waals surface area contributed by atoms with Gasteiger partial charge in [0.05, 0.1) is 16.3 Å². The fourth-order valence-corrected chi connectivity index (χ4v) is 2.26. The number of amides is 1. The van der Waals surface area contributed by atoms with Crippen LogP contribution in [0.4, 0.5) is 11.4 Å². The number of nitrogens with one attached hydrogen (secondary N) is 1. The minimum atomic E-state index is -0.567. The summed E-state index contributed by atoms with van der Waals surface area (Å²) in [7, 11) is 1.88. The van der Waals surface area contributed by atoms with Crippen molar-refractivity contribution in [2.45, 2.75) is 6.42 Å². The van der Waals surface area contributed by atoms with E-state index in [1.165, 1.54) is 6.07 Å². The van der Waals surface area contributed by atoms with Crippen molar-refractivity contribution < 1.29 is 4.79 Å². The molecule has 0 fully saturated rings. The minimum Gasteiger partial charge on any atom is -0.399 e. The molecule has 0 unspecified atom stereocenters. The van der Waals surface area contributed by atoms with Crippen LogP contribution in [0.25, 0.3) is 0 Å². The second kappa shape index (κ2) is 5.83. The lowest BCUT2D eigenvalue weighted by molar-refractivity contribution is 0.100. The van der Waals surface area contributed by atoms with Crippen LogP contribution < -0.4 is 16.8 Å². The number of hydrogen-bond acceptors (Lipinski definition) is 4. The molecule has 0 saturated heterocycles. The van der Waals surface area contributed by atoms with E-state index in [0.29, 0.717) is 28.5 Å². The first-order chi connectivity index (χ1) is 9.49. The summed E-state index contributed by atoms with van der Waals surface area (Å²) in [5, 5.41) is 7.59. The van der Waals surface area contributed by atoms with E-state index in [-0.39, 0.29) is 0 Å². The molecule has 1 aromatic heterocycles. The normalized spacial score (nSPS) is 10.5. The van der Waals surface area contributed by atoms with E-state index >= 15 is 0 Å². The predicted molar refractivity (Wildman–Crippen MR) is 79.8 cm³/mol. The van der Waals surface area contributed by atoms with Crippen molar-refractivity contribution in [2.75, 3.05) is 17.6 Å². The second-order valence-corrected chi connectivity index (χ2v) is 4.82. The summed E-state index contributed by atoms with van der Waals surface area (Å²) in [5.41, 5.74) is 13.3. The van der Waals surface area contributed by atoms with Crippen molar-refractivity contribution in [3.63, 3.8) is 0 Å². The molecule has 2 rings (SSSR count). The summed E-state index contributed by atoms with van der Waals surface area (Å²) in [6.07, 6.45) is 2.48. The van der Waals surface area contributed by atoms with Crippen molar-refractivity contribution in [2.24, 2.45) is 12.8 Å². The van der Waals surface area contributed by atoms with Gasteiger partial charge in [0, 0.05) is 37.6 Å². The summed E-state index contributed by atoms with van der Waals surface area (Å²) >= 11 is 6.10. The van der Waals surface area contributed by atoms with Crippen molar-refractivity contribution >= 4 is 28.9 Å². The zero-order valence-electron chi connectivity index (χ0n) is 11.1. The number of nitrogens with zero attached hydrogens (tertiary/aromatic N) is 2. The van der Waals surface area contributed by atoms with E-state index in [1.807, 2.05) is 13.1 Å². The molecule has 7 heteroatoms. The monoisotopic (exact) mass is 293 g/mol. The maximum Gasteiger partial charge on any atom is 0.250 e. The molecule has 0 saturated carbocycles. The Morgan fingerprint density at radius 1 is 1.50 bits per heavy atom. The molecule has 0 aliphatic carbocycles. The van der Waals surface area contributed by atoms with Gasteiger partial charge in [0.25, 0.3) is 5.91 Å². The summed E-state index contributed by atoms with van der Waals surface area (Å²) in [6.45, 7) is 0.601. The molecular formula is C13H16ClN5O. The maximum atomic E-state index is 11.4. The van der Waals surface area contributed by atoms with Crippen LogP contribution in [0.5, 0.6) is 0 Å². The quantitative estimate of drug-likeness (QED) is 0.726. The Morgan fingerprint density at radius 3 is 2.85 bits per heavy atom. The Bertz CT molecular complexity index is 638. The van der Waals surface area contributed by atoms with Gasteiger partial charge in [0.2, 0.25) is 0 Å². The van der Waals surface area contributed by atoms with Crippen LogP contribution in [0.2, 0.25) is 5.02 Å². The molecule has 5 N–H and O–H groups in total. The Balaban J connectivity index is 2.13. The van der Waals surface area contributed by atoms with Gasteiger partial charge in [-0.3, -0.25) is 9.48 Å². The molecule has 0 radical (unpaired) electrons. The molecule has 0 aliphatic heterocycles. The fourth-order valence-electron chi connectivity index (χ4n) is 1.96. The average Bonchev–Trinajstić information content (AvgIpc) is 2.77. The van der Waals surface area contributed by atoms with Crippen LogP contribution in [0.1, 0.15) is 16.1 Å². The zero-order chi connectivity index (χ0) is 14.7. The number of aromatic nitrogens is 2. The van der Waals surface area contributed by atoms with Gasteiger partial charge in [-0.1, -0.05) is 11.6 Å². The first kappa shape index (κ1) is 14.2. The van der Waals surface area contributed by atoms with E-state index in [4.69, 9.17) is 23.1 Å². The van der Waals surface area contributed by atoms with E-state index in [9.17, 15) is 4.79 Å². The summed E-state index contributed by atoms with van der Waals surface area (Å²) in [4.78, 5) is 11.4. The van der Waals surface area contributed by atoms with Crippen molar-refractivity contribution in [3.8, 4) is 0 Å². The van der Waals surface area contributed by atoms with Crippen molar-refractivity contribution in [3.05, 3.63) is 40.7 Å². The largest absolute Gasteiger partial charge is 0.399 e. The molecule has 0 atom stereocenters. The van der Waals surface area contributed by atoms with E-state index in [0.717, 1.165) is 12.1 Å². The molecule has 1 amide bonds. The molecule has 6 nitrogen and oxygen atoms in total. The average molecular weight is 294 g/mol. The molecule has 2 aromatic rings. The SMILES string of the molecule is Cn1nccc1CCNc1c(Cl)cc(N)cc1C(N)=O. The second-order valence-electron chi connectivity index (χ2n) is 4.41. The highest BCUT2D eigenvalue weighted by molar-refractivity contribution is 6.34. The third-order valence-corrected chi connectivity index (χ3v) is 3.28. The number of halogens is 1. The number of carbonyl (C=O) groups excluding carboxylic acids is 1. The summed E-state index contributed by atoms with van der Waals surface area (Å²) < 4.78 is 1.79. The molecule has 0 spiro atoms. The van der Waals surface area contributed by atoms with Crippen LogP contribution in [0, 0.1) is 0 Å². The van der Waals surface area contributed by atoms with Crippen molar-refractivity contribution in [1.82, 2.24) is 9.78 Å². The highest BCUT2D eigenvalue weighted by Crippen LogP contribution is 2.28. The minimum absolute atomic E-state index is 0.292. The van der Waals surface area contributed by atoms with E-state index in [2.05, 4.69) is 10.4 Å². The van der Waals surface area contributed by atoms with Crippen LogP contribution in [-0.4, -0.2) is 22.2 Å². The van der Waals surface area contributed by atoms with Crippen molar-refractivity contribution in [1.29, 1.82) is 0 Å². The third kappa shape index (κ3) is 3.03. The standard InChI is InChI=1S/C13H16ClN5O/c1-19-9(3-5-18-19)2-4-17-12-10(13(16)20)6-8(15)7-11(12)14/h3,5-7,17H,2,4,15H2,1H3,(H2,16,20). The number of nitrogen functional groups attached to an aromatic ring is 1. The maximum absolute atomic E-state index is 11.4. The van der Waals surface area contributed by atoms with Gasteiger partial charge in [0.1, 0.15) is 0 Å². The van der Waals surface area contributed by atoms with Crippen LogP contribution in [-0.2, 0) is 13.5 Å². The highest BCUT2D eigenvalue weighted by Gasteiger charge is 2.13. The van der Waals surface area contributed by atoms with Gasteiger partial charge >= 0.3 is 0 Å². The lowest BCUT2D eigenvalue weighted by Gasteiger charge is -2.13. The first-order valence-electron chi connectivity index (χ1n) is 6.08. The van der Waals surface area contributed by atoms with Gasteiger partial charge in [-0.15, -0.1) is 0 Å². The van der Waals surface area contributed by atoms with E-state index in [1.54, 1.807) is 16.9 Å². The molecule has 20 heavy (non-hydrogen) atoms. The highest BCUT2D eigenvalue weighted by atomic mass is 35.5. The molecular weight excluding hydrogens is 278 g/mol. The number of anilines is 2. The van der Waals surface area contributed by atoms with Crippen LogP contribution in [0.15, 0.2) is 24.4 Å². The number of nitrogens with two attached hydrogens (primary N) is 2. The van der Waals surface area contributed by atoms with Gasteiger partial charge < -0.3 is 16.8 Å². The van der Waals surface area contributed by atoms with Gasteiger partial charge in [0.15, 0.2) is 0 Å². The van der Waals surface area contributed by atoms with Crippen LogP contribution >= 0.6 is 11.6 Å². The number of carbonyl (C=O) groups is 1. The topological polar surface area (TPSA) is 99.0 Å². The number of benzene rings is 1. The number of hydrogen-bond donors (Lipinski definition) is 3. The Kier molecular flexibility index (Phi) is 4.14. The van der Waals surface area contributed by atoms with Gasteiger partial charge in [-0.05, 0) is 18.2 Å². The summed E-state index contributed by atoms with van der Waals surface area (Å²) in [6, 6.07) is 5.03. The third-order valence-electron chi connectivity index (χ3n) is 2.98. The lowest BCUT2D eigenvalue weighted by Crippen LogP contribution is -2.17. The van der Waals surface area contributed by atoms with Gasteiger partial charge in [-0.2, -0.15) is 5.10 Å². The first-order valence-corrected chi connectivity index (χ1v) is 6.46. The molecule has 1 heterocycles. The number of rotatable bonds is 5. The van der Waals surface area contributed by atoms with Crippen LogP contribution in [0.3, 0.4) is 0 Å².